The zero-order valence-corrected chi connectivity index (χ0v) is 17.5. The molecule has 0 radical (unpaired) electrons. The largest absolute Gasteiger partial charge is 0.417 e. The summed E-state index contributed by atoms with van der Waals surface area (Å²) in [6, 6.07) is 10.7. The molecule has 30 heavy (non-hydrogen) atoms. The number of hydrogen-bond acceptors (Lipinski definition) is 5. The van der Waals surface area contributed by atoms with E-state index < -0.39 is 21.7 Å². The van der Waals surface area contributed by atoms with Gasteiger partial charge in [0, 0.05) is 30.4 Å². The number of fused-ring (bicyclic) bond motifs is 1. The van der Waals surface area contributed by atoms with Gasteiger partial charge in [-0.1, -0.05) is 13.8 Å². The first-order valence-electron chi connectivity index (χ1n) is 9.77. The fraction of sp³-hybridized carbons (Fsp3) is 0.333. The number of hydrogen-bond donors (Lipinski definition) is 2. The number of rotatable bonds is 4. The number of nitrogens with zero attached hydrogens (tertiary/aromatic N) is 1. The van der Waals surface area contributed by atoms with Gasteiger partial charge >= 0.3 is 5.76 Å². The summed E-state index contributed by atoms with van der Waals surface area (Å²) < 4.78 is 32.4. The van der Waals surface area contributed by atoms with Gasteiger partial charge in [-0.3, -0.25) is 9.78 Å². The molecule has 1 aromatic heterocycles. The number of H-pyrrole nitrogens is 1. The topological polar surface area (TPSA) is 112 Å². The molecule has 2 heterocycles. The van der Waals surface area contributed by atoms with Crippen LogP contribution in [0.3, 0.4) is 0 Å². The normalized spacial score (nSPS) is 20.3. The van der Waals surface area contributed by atoms with Gasteiger partial charge in [0.05, 0.1) is 10.4 Å². The molecule has 2 aromatic carbocycles. The molecule has 9 heteroatoms. The van der Waals surface area contributed by atoms with E-state index >= 15 is 0 Å². The molecule has 0 unspecified atom stereocenters. The molecule has 8 nitrogen and oxygen atoms in total. The molecule has 158 valence electrons. The van der Waals surface area contributed by atoms with E-state index in [0.29, 0.717) is 47.3 Å². The number of carbonyl (C=O) groups excluding carboxylic acids is 1. The van der Waals surface area contributed by atoms with Crippen LogP contribution >= 0.6 is 0 Å². The van der Waals surface area contributed by atoms with Crippen LogP contribution < -0.4 is 11.1 Å². The Morgan fingerprint density at radius 3 is 2.43 bits per heavy atom. The van der Waals surface area contributed by atoms with Gasteiger partial charge in [0.2, 0.25) is 10.0 Å². The number of anilines is 1. The second kappa shape index (κ2) is 7.73. The molecular weight excluding hydrogens is 406 g/mol. The Labute approximate surface area is 173 Å². The van der Waals surface area contributed by atoms with E-state index in [-0.39, 0.29) is 4.90 Å². The molecule has 1 amide bonds. The molecule has 0 aliphatic carbocycles. The third kappa shape index (κ3) is 4.03. The van der Waals surface area contributed by atoms with Crippen LogP contribution in [0.4, 0.5) is 5.69 Å². The molecule has 0 saturated carbocycles. The molecule has 0 spiro atoms. The fourth-order valence-corrected chi connectivity index (χ4v) is 5.64. The van der Waals surface area contributed by atoms with Gasteiger partial charge in [0.15, 0.2) is 5.58 Å². The summed E-state index contributed by atoms with van der Waals surface area (Å²) in [7, 11) is -3.60. The fourth-order valence-electron chi connectivity index (χ4n) is 3.96. The predicted octanol–water partition coefficient (Wildman–Crippen LogP) is 3.04. The molecule has 2 N–H and O–H groups in total. The highest BCUT2D eigenvalue weighted by Gasteiger charge is 2.31. The molecule has 0 bridgehead atoms. The molecule has 1 aliphatic heterocycles. The van der Waals surface area contributed by atoms with Gasteiger partial charge in [-0.15, -0.1) is 0 Å². The standard InChI is InChI=1S/C21H23N3O5S/c1-13-9-14(2)12-24(11-13)30(27,28)17-6-3-15(4-7-17)20(25)22-16-5-8-18-19(10-16)29-21(26)23-18/h3-8,10,13-14H,9,11-12H2,1-2H3,(H,22,25)(H,23,26)/t13-,14+. The average Bonchev–Trinajstić information content (AvgIpc) is 3.06. The minimum atomic E-state index is -3.60. The summed E-state index contributed by atoms with van der Waals surface area (Å²) >= 11 is 0. The van der Waals surface area contributed by atoms with Crippen LogP contribution in [0.15, 0.2) is 56.6 Å². The van der Waals surface area contributed by atoms with Crippen LogP contribution in [0.5, 0.6) is 0 Å². The Kier molecular flexibility index (Phi) is 5.25. The van der Waals surface area contributed by atoms with Crippen LogP contribution in [0, 0.1) is 11.8 Å². The lowest BCUT2D eigenvalue weighted by atomic mass is 9.94. The number of sulfonamides is 1. The van der Waals surface area contributed by atoms with Crippen molar-refractivity contribution in [2.45, 2.75) is 25.2 Å². The van der Waals surface area contributed by atoms with Crippen molar-refractivity contribution < 1.29 is 17.6 Å². The zero-order valence-electron chi connectivity index (χ0n) is 16.7. The van der Waals surface area contributed by atoms with Crippen LogP contribution in [0.2, 0.25) is 0 Å². The maximum Gasteiger partial charge on any atom is 0.417 e. The highest BCUT2D eigenvalue weighted by atomic mass is 32.2. The van der Waals surface area contributed by atoms with Crippen molar-refractivity contribution in [2.24, 2.45) is 11.8 Å². The summed E-state index contributed by atoms with van der Waals surface area (Å²) in [5.74, 6) is -0.329. The van der Waals surface area contributed by atoms with Gasteiger partial charge in [-0.25, -0.2) is 13.2 Å². The number of nitrogens with one attached hydrogen (secondary N) is 2. The predicted molar refractivity (Wildman–Crippen MR) is 113 cm³/mol. The maximum atomic E-state index is 13.0. The molecule has 4 rings (SSSR count). The van der Waals surface area contributed by atoms with Crippen molar-refractivity contribution in [1.82, 2.24) is 9.29 Å². The van der Waals surface area contributed by atoms with Crippen molar-refractivity contribution in [3.63, 3.8) is 0 Å². The maximum absolute atomic E-state index is 13.0. The first-order chi connectivity index (χ1) is 14.2. The smallest absolute Gasteiger partial charge is 0.408 e. The van der Waals surface area contributed by atoms with E-state index in [1.165, 1.54) is 28.6 Å². The highest BCUT2D eigenvalue weighted by molar-refractivity contribution is 7.89. The number of carbonyl (C=O) groups is 1. The van der Waals surface area contributed by atoms with Crippen molar-refractivity contribution in [3.05, 3.63) is 58.6 Å². The summed E-state index contributed by atoms with van der Waals surface area (Å²) in [5, 5.41) is 2.72. The van der Waals surface area contributed by atoms with E-state index in [1.807, 2.05) is 0 Å². The van der Waals surface area contributed by atoms with Crippen LogP contribution in [0.25, 0.3) is 11.1 Å². The first kappa shape index (κ1) is 20.4. The van der Waals surface area contributed by atoms with E-state index in [4.69, 9.17) is 4.42 Å². The summed E-state index contributed by atoms with van der Waals surface area (Å²) in [4.78, 5) is 26.5. The molecule has 1 fully saturated rings. The van der Waals surface area contributed by atoms with Crippen LogP contribution in [-0.2, 0) is 10.0 Å². The van der Waals surface area contributed by atoms with E-state index in [9.17, 15) is 18.0 Å². The third-order valence-corrected chi connectivity index (χ3v) is 7.11. The number of oxazole rings is 1. The molecule has 2 atom stereocenters. The van der Waals surface area contributed by atoms with Gasteiger partial charge < -0.3 is 9.73 Å². The number of piperidine rings is 1. The Balaban J connectivity index is 1.50. The van der Waals surface area contributed by atoms with Crippen molar-refractivity contribution >= 4 is 32.7 Å². The van der Waals surface area contributed by atoms with Gasteiger partial charge in [-0.05, 0) is 54.7 Å². The summed E-state index contributed by atoms with van der Waals surface area (Å²) in [5.41, 5.74) is 1.66. The van der Waals surface area contributed by atoms with E-state index in [2.05, 4.69) is 24.1 Å². The van der Waals surface area contributed by atoms with Crippen molar-refractivity contribution in [2.75, 3.05) is 18.4 Å². The highest BCUT2D eigenvalue weighted by Crippen LogP contribution is 2.27. The molecule has 1 aliphatic rings. The van der Waals surface area contributed by atoms with Gasteiger partial charge in [0.1, 0.15) is 0 Å². The SMILES string of the molecule is C[C@@H]1C[C@H](C)CN(S(=O)(=O)c2ccc(C(=O)Nc3ccc4[nH]c(=O)oc4c3)cc2)C1. The molecule has 3 aromatic rings. The van der Waals surface area contributed by atoms with Crippen molar-refractivity contribution in [3.8, 4) is 0 Å². The monoisotopic (exact) mass is 429 g/mol. The lowest BCUT2D eigenvalue weighted by Gasteiger charge is -2.34. The quantitative estimate of drug-likeness (QED) is 0.662. The Morgan fingerprint density at radius 2 is 1.77 bits per heavy atom. The van der Waals surface area contributed by atoms with E-state index in [1.54, 1.807) is 18.2 Å². The molecule has 1 saturated heterocycles. The third-order valence-electron chi connectivity index (χ3n) is 5.27. The zero-order chi connectivity index (χ0) is 21.5. The minimum Gasteiger partial charge on any atom is -0.408 e. The molecular formula is C21H23N3O5S. The Bertz CT molecular complexity index is 1230. The van der Waals surface area contributed by atoms with Crippen LogP contribution in [-0.4, -0.2) is 36.7 Å². The lowest BCUT2D eigenvalue weighted by Crippen LogP contribution is -2.42. The minimum absolute atomic E-state index is 0.177. The van der Waals surface area contributed by atoms with E-state index in [0.717, 1.165) is 6.42 Å². The number of aromatic amines is 1. The van der Waals surface area contributed by atoms with Crippen molar-refractivity contribution in [1.29, 1.82) is 0 Å². The summed E-state index contributed by atoms with van der Waals surface area (Å²) in [6.45, 7) is 5.13. The van der Waals surface area contributed by atoms with Crippen LogP contribution in [0.1, 0.15) is 30.6 Å². The number of amides is 1. The Morgan fingerprint density at radius 1 is 1.10 bits per heavy atom. The first-order valence-corrected chi connectivity index (χ1v) is 11.2. The van der Waals surface area contributed by atoms with Gasteiger partial charge in [0.25, 0.3) is 5.91 Å². The lowest BCUT2D eigenvalue weighted by molar-refractivity contribution is 0.102. The number of benzene rings is 2. The second-order valence-corrected chi connectivity index (χ2v) is 9.91. The second-order valence-electron chi connectivity index (χ2n) is 7.97. The number of aromatic nitrogens is 1. The average molecular weight is 429 g/mol. The summed E-state index contributed by atoms with van der Waals surface area (Å²) in [6.07, 6.45) is 1.02. The Hall–Kier alpha value is -2.91. The van der Waals surface area contributed by atoms with Gasteiger partial charge in [-0.2, -0.15) is 4.31 Å².